The fourth-order valence-electron chi connectivity index (χ4n) is 6.44. The first-order chi connectivity index (χ1) is 21.3. The highest BCUT2D eigenvalue weighted by Gasteiger charge is 2.21. The zero-order chi connectivity index (χ0) is 28.3. The molecule has 0 radical (unpaired) electrons. The number of anilines is 3. The predicted molar refractivity (Wildman–Crippen MR) is 184 cm³/mol. The third-order valence-corrected chi connectivity index (χ3v) is 9.61. The van der Waals surface area contributed by atoms with Gasteiger partial charge in [-0.3, -0.25) is 0 Å². The molecule has 3 heteroatoms. The second-order valence-corrected chi connectivity index (χ2v) is 12.0. The molecule has 2 heterocycles. The van der Waals surface area contributed by atoms with Gasteiger partial charge in [0.05, 0.1) is 5.69 Å². The van der Waals surface area contributed by atoms with Crippen molar-refractivity contribution < 1.29 is 4.42 Å². The van der Waals surface area contributed by atoms with Gasteiger partial charge in [-0.15, -0.1) is 11.3 Å². The molecule has 9 rings (SSSR count). The van der Waals surface area contributed by atoms with Crippen molar-refractivity contribution in [3.05, 3.63) is 152 Å². The molecule has 0 unspecified atom stereocenters. The van der Waals surface area contributed by atoms with Crippen molar-refractivity contribution in [2.45, 2.75) is 0 Å². The summed E-state index contributed by atoms with van der Waals surface area (Å²) in [7, 11) is 0. The van der Waals surface area contributed by atoms with Crippen LogP contribution >= 0.6 is 11.3 Å². The number of thiophene rings is 1. The van der Waals surface area contributed by atoms with Crippen LogP contribution in [0.5, 0.6) is 0 Å². The second kappa shape index (κ2) is 9.59. The summed E-state index contributed by atoms with van der Waals surface area (Å²) in [5.74, 6) is 0. The van der Waals surface area contributed by atoms with E-state index < -0.39 is 0 Å². The average molecular weight is 568 g/mol. The largest absolute Gasteiger partial charge is 0.454 e. The van der Waals surface area contributed by atoms with E-state index in [0.29, 0.717) is 0 Å². The smallest absolute Gasteiger partial charge is 0.159 e. The van der Waals surface area contributed by atoms with Crippen LogP contribution < -0.4 is 4.90 Å². The number of fused-ring (bicyclic) bond motifs is 8. The first-order valence-electron chi connectivity index (χ1n) is 14.5. The van der Waals surface area contributed by atoms with Crippen molar-refractivity contribution in [1.82, 2.24) is 0 Å². The molecule has 43 heavy (non-hydrogen) atoms. The molecule has 0 aliphatic carbocycles. The first kappa shape index (κ1) is 24.2. The Balaban J connectivity index is 1.30. The second-order valence-electron chi connectivity index (χ2n) is 10.9. The van der Waals surface area contributed by atoms with E-state index in [9.17, 15) is 0 Å². The maximum Gasteiger partial charge on any atom is 0.159 e. The van der Waals surface area contributed by atoms with Crippen LogP contribution in [0.1, 0.15) is 0 Å². The van der Waals surface area contributed by atoms with Crippen molar-refractivity contribution >= 4 is 81.3 Å². The summed E-state index contributed by atoms with van der Waals surface area (Å²) >= 11 is 1.84. The molecule has 0 saturated carbocycles. The molecule has 7 aromatic carbocycles. The molecule has 2 nitrogen and oxygen atoms in total. The zero-order valence-corrected chi connectivity index (χ0v) is 24.0. The van der Waals surface area contributed by atoms with Crippen molar-refractivity contribution in [2.75, 3.05) is 4.90 Å². The number of rotatable bonds is 4. The van der Waals surface area contributed by atoms with Gasteiger partial charge in [0.25, 0.3) is 0 Å². The Morgan fingerprint density at radius 1 is 0.465 bits per heavy atom. The molecule has 0 atom stereocenters. The van der Waals surface area contributed by atoms with Crippen LogP contribution in [0.3, 0.4) is 0 Å². The Kier molecular flexibility index (Phi) is 5.40. The molecule has 202 valence electrons. The molecule has 0 spiro atoms. The minimum absolute atomic E-state index is 0.885. The summed E-state index contributed by atoms with van der Waals surface area (Å²) in [6.45, 7) is 0. The average Bonchev–Trinajstić information content (AvgIpc) is 3.65. The molecule has 0 saturated heterocycles. The van der Waals surface area contributed by atoms with Gasteiger partial charge in [-0.25, -0.2) is 0 Å². The Morgan fingerprint density at radius 2 is 1.16 bits per heavy atom. The Hall–Kier alpha value is -5.38. The van der Waals surface area contributed by atoms with Gasteiger partial charge in [0, 0.05) is 42.3 Å². The molecule has 0 amide bonds. The molecule has 0 aliphatic heterocycles. The van der Waals surface area contributed by atoms with Crippen molar-refractivity contribution in [3.8, 4) is 11.1 Å². The Morgan fingerprint density at radius 3 is 2.05 bits per heavy atom. The highest BCUT2D eigenvalue weighted by molar-refractivity contribution is 7.25. The SMILES string of the molecule is c1ccc(-c2ccc(N(c3ccc4sc5ccccc5c4c3)c3cccc4c3oc3ccc5ccccc5c34)cc2)cc1. The third kappa shape index (κ3) is 3.86. The highest BCUT2D eigenvalue weighted by atomic mass is 32.1. The summed E-state index contributed by atoms with van der Waals surface area (Å²) in [5.41, 5.74) is 7.38. The summed E-state index contributed by atoms with van der Waals surface area (Å²) < 4.78 is 9.31. The summed E-state index contributed by atoms with van der Waals surface area (Å²) in [5, 5.41) is 7.27. The van der Waals surface area contributed by atoms with Crippen LogP contribution in [0.4, 0.5) is 17.1 Å². The van der Waals surface area contributed by atoms with Crippen molar-refractivity contribution in [3.63, 3.8) is 0 Å². The lowest BCUT2D eigenvalue weighted by Gasteiger charge is -2.26. The summed E-state index contributed by atoms with van der Waals surface area (Å²) in [6, 6.07) is 54.2. The van der Waals surface area contributed by atoms with Gasteiger partial charge in [0.15, 0.2) is 5.58 Å². The predicted octanol–water partition coefficient (Wildman–Crippen LogP) is 12.2. The Labute approximate surface area is 252 Å². The number of hydrogen-bond acceptors (Lipinski definition) is 3. The van der Waals surface area contributed by atoms with Crippen LogP contribution in [0.2, 0.25) is 0 Å². The van der Waals surface area contributed by atoms with Gasteiger partial charge in [-0.2, -0.15) is 0 Å². The molecule has 2 aromatic heterocycles. The number of hydrogen-bond donors (Lipinski definition) is 0. The van der Waals surface area contributed by atoms with Gasteiger partial charge in [0.1, 0.15) is 5.58 Å². The van der Waals surface area contributed by atoms with Crippen LogP contribution in [0.15, 0.2) is 156 Å². The maximum atomic E-state index is 6.71. The molecular weight excluding hydrogens is 543 g/mol. The highest BCUT2D eigenvalue weighted by Crippen LogP contribution is 2.45. The lowest BCUT2D eigenvalue weighted by molar-refractivity contribution is 0.669. The number of para-hydroxylation sites is 1. The van der Waals surface area contributed by atoms with Crippen molar-refractivity contribution in [1.29, 1.82) is 0 Å². The number of nitrogens with zero attached hydrogens (tertiary/aromatic N) is 1. The standard InChI is InChI=1S/C40H25NOS/c1-2-9-26(10-3-1)27-17-20-29(21-18-27)41(30-22-24-38-34(25-30)32-13-6-7-16-37(32)43-38)35-15-8-14-33-39-31-12-5-4-11-28(31)19-23-36(39)42-40(33)35/h1-25H. The zero-order valence-electron chi connectivity index (χ0n) is 23.2. The molecule has 0 fully saturated rings. The van der Waals surface area contributed by atoms with Gasteiger partial charge in [-0.1, -0.05) is 103 Å². The number of furan rings is 1. The topological polar surface area (TPSA) is 16.4 Å². The minimum Gasteiger partial charge on any atom is -0.454 e. The molecule has 0 aliphatic rings. The van der Waals surface area contributed by atoms with Gasteiger partial charge in [-0.05, 0) is 70.4 Å². The normalized spacial score (nSPS) is 11.7. The van der Waals surface area contributed by atoms with E-state index in [1.54, 1.807) is 0 Å². The van der Waals surface area contributed by atoms with E-state index in [1.165, 1.54) is 42.1 Å². The molecule has 0 N–H and O–H groups in total. The molecule has 9 aromatic rings. The van der Waals surface area contributed by atoms with Crippen LogP contribution in [0, 0.1) is 0 Å². The lowest BCUT2D eigenvalue weighted by atomic mass is 10.0. The fraction of sp³-hybridized carbons (Fsp3) is 0. The van der Waals surface area contributed by atoms with Gasteiger partial charge in [0.2, 0.25) is 0 Å². The maximum absolute atomic E-state index is 6.71. The van der Waals surface area contributed by atoms with Crippen LogP contribution in [-0.4, -0.2) is 0 Å². The van der Waals surface area contributed by atoms with Crippen LogP contribution in [0.25, 0.3) is 64.0 Å². The molecular formula is C40H25NOS. The molecule has 0 bridgehead atoms. The van der Waals surface area contributed by atoms with E-state index in [4.69, 9.17) is 4.42 Å². The van der Waals surface area contributed by atoms with Crippen molar-refractivity contribution in [2.24, 2.45) is 0 Å². The van der Waals surface area contributed by atoms with E-state index in [1.807, 2.05) is 11.3 Å². The fourth-order valence-corrected chi connectivity index (χ4v) is 7.53. The quantitative estimate of drug-likeness (QED) is 0.210. The summed E-state index contributed by atoms with van der Waals surface area (Å²) in [6.07, 6.45) is 0. The monoisotopic (exact) mass is 567 g/mol. The summed E-state index contributed by atoms with van der Waals surface area (Å²) in [4.78, 5) is 2.34. The lowest BCUT2D eigenvalue weighted by Crippen LogP contribution is -2.10. The first-order valence-corrected chi connectivity index (χ1v) is 15.3. The van der Waals surface area contributed by atoms with E-state index in [2.05, 4.69) is 157 Å². The van der Waals surface area contributed by atoms with E-state index >= 15 is 0 Å². The minimum atomic E-state index is 0.885. The van der Waals surface area contributed by atoms with Gasteiger partial charge < -0.3 is 9.32 Å². The number of benzene rings is 7. The van der Waals surface area contributed by atoms with Gasteiger partial charge >= 0.3 is 0 Å². The van der Waals surface area contributed by atoms with Crippen LogP contribution in [-0.2, 0) is 0 Å². The van der Waals surface area contributed by atoms with E-state index in [0.717, 1.165) is 39.0 Å². The third-order valence-electron chi connectivity index (χ3n) is 8.46. The van der Waals surface area contributed by atoms with E-state index in [-0.39, 0.29) is 0 Å². The Bertz CT molecular complexity index is 2450.